The summed E-state index contributed by atoms with van der Waals surface area (Å²) in [5.74, 6) is -0.118. The van der Waals surface area contributed by atoms with Gasteiger partial charge in [-0.1, -0.05) is 41.4 Å². The zero-order valence-corrected chi connectivity index (χ0v) is 21.5. The van der Waals surface area contributed by atoms with Crippen LogP contribution < -0.4 is 0 Å². The highest BCUT2D eigenvalue weighted by Gasteiger charge is 2.44. The van der Waals surface area contributed by atoms with Crippen molar-refractivity contribution in [2.24, 2.45) is 0 Å². The van der Waals surface area contributed by atoms with Gasteiger partial charge in [0.1, 0.15) is 5.82 Å². The number of nitrogens with zero attached hydrogens (tertiary/aromatic N) is 2. The van der Waals surface area contributed by atoms with E-state index < -0.39 is 39.9 Å². The maximum Gasteiger partial charge on any atom is 0.417 e. The number of halogens is 7. The van der Waals surface area contributed by atoms with Crippen molar-refractivity contribution in [3.05, 3.63) is 87.7 Å². The molecule has 2 heterocycles. The first-order chi connectivity index (χ1) is 18.2. The molecule has 1 aliphatic heterocycles. The van der Waals surface area contributed by atoms with E-state index in [9.17, 15) is 31.1 Å². The van der Waals surface area contributed by atoms with E-state index in [0.717, 1.165) is 29.8 Å². The highest BCUT2D eigenvalue weighted by atomic mass is 35.5. The molecule has 3 aromatic carbocycles. The maximum absolute atomic E-state index is 14.0. The zero-order chi connectivity index (χ0) is 28.3. The number of benzene rings is 3. The monoisotopic (exact) mass is 565 g/mol. The average molecular weight is 566 g/mol. The molecule has 5 rings (SSSR count). The predicted octanol–water partition coefficient (Wildman–Crippen LogP) is 8.38. The molecule has 39 heavy (non-hydrogen) atoms. The number of hydrogen-bond acceptors (Lipinski definition) is 2. The van der Waals surface area contributed by atoms with E-state index in [-0.39, 0.29) is 22.2 Å². The molecule has 1 aromatic heterocycles. The minimum atomic E-state index is -4.65. The number of hydrogen-bond donors (Lipinski definition) is 1. The van der Waals surface area contributed by atoms with Gasteiger partial charge < -0.3 is 9.88 Å². The van der Waals surface area contributed by atoms with Gasteiger partial charge in [-0.25, -0.2) is 4.98 Å². The normalized spacial score (nSPS) is 18.2. The Morgan fingerprint density at radius 1 is 1.03 bits per heavy atom. The molecule has 0 bridgehead atoms. The van der Waals surface area contributed by atoms with Crippen molar-refractivity contribution >= 4 is 28.5 Å². The zero-order valence-electron chi connectivity index (χ0n) is 20.8. The number of aromatic nitrogens is 2. The number of aryl methyl sites for hydroxylation is 1. The Labute approximate surface area is 224 Å². The average Bonchev–Trinajstić information content (AvgIpc) is 3.46. The quantitative estimate of drug-likeness (QED) is 0.254. The number of nitrogens with one attached hydrogen (secondary N) is 1. The second kappa shape index (κ2) is 9.29. The standard InChI is InChI=1S/C28H22ClF6N3O/c1-15-7-8-18(16-5-3-6-17(12-16)27(30,31)32)19(11-15)24(39)38-10-4-9-26(38,2)25-36-22-13-20(28(33,34)35)21(29)14-23(22)37-25/h3,5-8,11-14H,4,9-10H2,1-2H3,(H,36,37). The van der Waals surface area contributed by atoms with E-state index in [4.69, 9.17) is 11.6 Å². The predicted molar refractivity (Wildman–Crippen MR) is 135 cm³/mol. The Balaban J connectivity index is 1.57. The summed E-state index contributed by atoms with van der Waals surface area (Å²) in [5.41, 5.74) is -0.925. The molecule has 1 N–H and O–H groups in total. The first kappa shape index (κ1) is 27.1. The van der Waals surface area contributed by atoms with Crippen molar-refractivity contribution in [2.75, 3.05) is 6.54 Å². The number of carbonyl (C=O) groups is 1. The number of aromatic amines is 1. The number of fused-ring (bicyclic) bond motifs is 1. The van der Waals surface area contributed by atoms with Crippen LogP contribution in [0.15, 0.2) is 54.6 Å². The largest absolute Gasteiger partial charge is 0.417 e. The second-order valence-corrected chi connectivity index (χ2v) is 10.3. The lowest BCUT2D eigenvalue weighted by Crippen LogP contribution is -2.43. The van der Waals surface area contributed by atoms with Gasteiger partial charge in [-0.2, -0.15) is 26.3 Å². The van der Waals surface area contributed by atoms with Crippen LogP contribution in [0, 0.1) is 6.92 Å². The summed E-state index contributed by atoms with van der Waals surface area (Å²) in [5, 5.41) is -0.483. The lowest BCUT2D eigenvalue weighted by atomic mass is 9.93. The molecule has 0 radical (unpaired) electrons. The summed E-state index contributed by atoms with van der Waals surface area (Å²) in [6.07, 6.45) is -8.13. The van der Waals surface area contributed by atoms with Crippen LogP contribution in [0.1, 0.15) is 52.6 Å². The number of amides is 1. The van der Waals surface area contributed by atoms with E-state index in [0.29, 0.717) is 30.8 Å². The molecular weight excluding hydrogens is 544 g/mol. The Bertz CT molecular complexity index is 1590. The van der Waals surface area contributed by atoms with E-state index in [1.807, 2.05) is 0 Å². The fourth-order valence-corrected chi connectivity index (χ4v) is 5.40. The summed E-state index contributed by atoms with van der Waals surface area (Å²) < 4.78 is 80.3. The van der Waals surface area contributed by atoms with Crippen LogP contribution in [0.3, 0.4) is 0 Å². The summed E-state index contributed by atoms with van der Waals surface area (Å²) >= 11 is 5.87. The maximum atomic E-state index is 14.0. The third-order valence-corrected chi connectivity index (χ3v) is 7.49. The van der Waals surface area contributed by atoms with Gasteiger partial charge in [0.05, 0.1) is 32.7 Å². The van der Waals surface area contributed by atoms with Crippen LogP contribution in [0.25, 0.3) is 22.2 Å². The molecule has 1 amide bonds. The lowest BCUT2D eigenvalue weighted by Gasteiger charge is -2.34. The molecule has 0 saturated carbocycles. The number of carbonyl (C=O) groups excluding carboxylic acids is 1. The van der Waals surface area contributed by atoms with Crippen LogP contribution in [0.5, 0.6) is 0 Å². The minimum Gasteiger partial charge on any atom is -0.340 e. The molecule has 0 spiro atoms. The number of rotatable bonds is 3. The molecule has 204 valence electrons. The van der Waals surface area contributed by atoms with E-state index in [1.54, 1.807) is 36.9 Å². The third-order valence-electron chi connectivity index (χ3n) is 7.18. The van der Waals surface area contributed by atoms with Crippen LogP contribution in [0.4, 0.5) is 26.3 Å². The number of likely N-dealkylation sites (tertiary alicyclic amines) is 1. The van der Waals surface area contributed by atoms with Gasteiger partial charge in [-0.05, 0) is 68.1 Å². The van der Waals surface area contributed by atoms with Gasteiger partial charge in [0.2, 0.25) is 0 Å². The molecule has 4 aromatic rings. The van der Waals surface area contributed by atoms with Crippen molar-refractivity contribution in [3.63, 3.8) is 0 Å². The Morgan fingerprint density at radius 2 is 1.77 bits per heavy atom. The topological polar surface area (TPSA) is 49.0 Å². The fraction of sp³-hybridized carbons (Fsp3) is 0.286. The minimum absolute atomic E-state index is 0.127. The van der Waals surface area contributed by atoms with E-state index in [2.05, 4.69) is 9.97 Å². The molecule has 1 unspecified atom stereocenters. The second-order valence-electron chi connectivity index (χ2n) is 9.89. The number of H-pyrrole nitrogens is 1. The van der Waals surface area contributed by atoms with Crippen LogP contribution in [-0.2, 0) is 17.9 Å². The van der Waals surface area contributed by atoms with E-state index >= 15 is 0 Å². The van der Waals surface area contributed by atoms with E-state index in [1.165, 1.54) is 12.1 Å². The Hall–Kier alpha value is -3.53. The Morgan fingerprint density at radius 3 is 2.46 bits per heavy atom. The number of imidazole rings is 1. The summed E-state index contributed by atoms with van der Waals surface area (Å²) in [4.78, 5) is 23.0. The lowest BCUT2D eigenvalue weighted by molar-refractivity contribution is -0.138. The summed E-state index contributed by atoms with van der Waals surface area (Å²) in [6.45, 7) is 3.87. The summed E-state index contributed by atoms with van der Waals surface area (Å²) in [6, 6.07) is 11.8. The molecule has 4 nitrogen and oxygen atoms in total. The fourth-order valence-electron chi connectivity index (χ4n) is 5.13. The Kier molecular flexibility index (Phi) is 6.44. The molecule has 11 heteroatoms. The molecule has 1 atom stereocenters. The van der Waals surface area contributed by atoms with Crippen molar-refractivity contribution in [2.45, 2.75) is 44.6 Å². The number of alkyl halides is 6. The third kappa shape index (κ3) is 4.86. The first-order valence-electron chi connectivity index (χ1n) is 12.1. The molecule has 1 fully saturated rings. The van der Waals surface area contributed by atoms with Crippen LogP contribution in [-0.4, -0.2) is 27.3 Å². The van der Waals surface area contributed by atoms with Gasteiger partial charge in [0.25, 0.3) is 5.91 Å². The van der Waals surface area contributed by atoms with Gasteiger partial charge >= 0.3 is 12.4 Å². The first-order valence-corrected chi connectivity index (χ1v) is 12.4. The van der Waals surface area contributed by atoms with Crippen molar-refractivity contribution in [1.82, 2.24) is 14.9 Å². The SMILES string of the molecule is Cc1ccc(-c2cccc(C(F)(F)F)c2)c(C(=O)N2CCCC2(C)c2nc3cc(Cl)c(C(F)(F)F)cc3[nH]2)c1. The van der Waals surface area contributed by atoms with Crippen molar-refractivity contribution < 1.29 is 31.1 Å². The van der Waals surface area contributed by atoms with Gasteiger partial charge in [-0.3, -0.25) is 4.79 Å². The van der Waals surface area contributed by atoms with Crippen LogP contribution in [0.2, 0.25) is 5.02 Å². The molecule has 1 saturated heterocycles. The molecule has 0 aliphatic carbocycles. The van der Waals surface area contributed by atoms with Gasteiger partial charge in [-0.15, -0.1) is 0 Å². The highest BCUT2D eigenvalue weighted by Crippen LogP contribution is 2.42. The highest BCUT2D eigenvalue weighted by molar-refractivity contribution is 6.32. The molecular formula is C28H22ClF6N3O. The van der Waals surface area contributed by atoms with Crippen molar-refractivity contribution in [1.29, 1.82) is 0 Å². The van der Waals surface area contributed by atoms with Gasteiger partial charge in [0.15, 0.2) is 0 Å². The van der Waals surface area contributed by atoms with Crippen LogP contribution >= 0.6 is 11.6 Å². The van der Waals surface area contributed by atoms with Gasteiger partial charge in [0, 0.05) is 12.1 Å². The summed E-state index contributed by atoms with van der Waals surface area (Å²) in [7, 11) is 0. The van der Waals surface area contributed by atoms with Crippen molar-refractivity contribution in [3.8, 4) is 11.1 Å². The molecule has 1 aliphatic rings. The smallest absolute Gasteiger partial charge is 0.340 e.